The van der Waals surface area contributed by atoms with Crippen molar-refractivity contribution in [2.75, 3.05) is 25.5 Å². The number of hydrogen-bond acceptors (Lipinski definition) is 7. The van der Waals surface area contributed by atoms with Crippen LogP contribution in [0.3, 0.4) is 0 Å². The second-order valence-corrected chi connectivity index (χ2v) is 6.45. The fraction of sp³-hybridized carbons (Fsp3) is 0.500. The normalized spacial score (nSPS) is 15.0. The lowest BCUT2D eigenvalue weighted by Crippen LogP contribution is -2.47. The molecule has 132 valence electrons. The fourth-order valence-electron chi connectivity index (χ4n) is 2.19. The Morgan fingerprint density at radius 3 is 2.83 bits per heavy atom. The Balaban J connectivity index is 1.79. The molecule has 4 N–H and O–H groups in total. The summed E-state index contributed by atoms with van der Waals surface area (Å²) < 4.78 is 10.5. The van der Waals surface area contributed by atoms with Crippen LogP contribution in [0.25, 0.3) is 0 Å². The summed E-state index contributed by atoms with van der Waals surface area (Å²) in [5, 5.41) is 5.67. The van der Waals surface area contributed by atoms with Gasteiger partial charge in [-0.15, -0.1) is 0 Å². The number of carbonyl (C=O) groups is 2. The molecule has 2 rings (SSSR count). The highest BCUT2D eigenvalue weighted by molar-refractivity contribution is 7.98. The molecule has 0 fully saturated rings. The Morgan fingerprint density at radius 2 is 2.08 bits per heavy atom. The third-order valence-corrected chi connectivity index (χ3v) is 4.33. The van der Waals surface area contributed by atoms with Crippen molar-refractivity contribution in [2.24, 2.45) is 5.73 Å². The maximum atomic E-state index is 12.4. The van der Waals surface area contributed by atoms with Gasteiger partial charge < -0.3 is 20.5 Å². The number of fused-ring (bicyclic) bond motifs is 1. The second kappa shape index (κ2) is 8.91. The molecule has 1 aliphatic heterocycles. The van der Waals surface area contributed by atoms with E-state index in [-0.39, 0.29) is 25.2 Å². The number of Topliss-reactive ketones (excluding diaryl/α,β-unsaturated/α-hetero) is 1. The molecule has 8 heteroatoms. The number of ether oxygens (including phenoxy) is 2. The molecule has 0 spiro atoms. The van der Waals surface area contributed by atoms with Crippen LogP contribution in [0.1, 0.15) is 23.7 Å². The van der Waals surface area contributed by atoms with Crippen LogP contribution in [-0.4, -0.2) is 49.2 Å². The molecule has 1 heterocycles. The van der Waals surface area contributed by atoms with Gasteiger partial charge in [0, 0.05) is 5.56 Å². The number of ketones is 1. The van der Waals surface area contributed by atoms with E-state index in [1.165, 1.54) is 0 Å². The minimum Gasteiger partial charge on any atom is -0.454 e. The van der Waals surface area contributed by atoms with Gasteiger partial charge in [0.2, 0.25) is 12.7 Å². The molecule has 1 amide bonds. The molecule has 1 aromatic rings. The molecule has 1 aromatic carbocycles. The number of rotatable bonds is 9. The van der Waals surface area contributed by atoms with Crippen molar-refractivity contribution < 1.29 is 19.1 Å². The molecule has 0 radical (unpaired) electrons. The van der Waals surface area contributed by atoms with E-state index in [2.05, 4.69) is 10.6 Å². The van der Waals surface area contributed by atoms with Crippen LogP contribution in [-0.2, 0) is 4.79 Å². The van der Waals surface area contributed by atoms with Crippen molar-refractivity contribution in [1.82, 2.24) is 10.6 Å². The third kappa shape index (κ3) is 4.86. The van der Waals surface area contributed by atoms with Gasteiger partial charge in [-0.2, -0.15) is 11.8 Å². The Labute approximate surface area is 145 Å². The maximum Gasteiger partial charge on any atom is 0.237 e. The van der Waals surface area contributed by atoms with E-state index in [0.717, 1.165) is 5.75 Å². The van der Waals surface area contributed by atoms with Gasteiger partial charge in [-0.05, 0) is 43.6 Å². The molecule has 1 aliphatic rings. The van der Waals surface area contributed by atoms with Crippen molar-refractivity contribution in [3.8, 4) is 11.5 Å². The highest BCUT2D eigenvalue weighted by Crippen LogP contribution is 2.32. The number of carbonyl (C=O) groups excluding carboxylic acids is 2. The van der Waals surface area contributed by atoms with E-state index in [1.54, 1.807) is 36.9 Å². The number of thioether (sulfide) groups is 1. The average molecular weight is 353 g/mol. The van der Waals surface area contributed by atoms with E-state index < -0.39 is 12.1 Å². The third-order valence-electron chi connectivity index (χ3n) is 3.69. The van der Waals surface area contributed by atoms with Crippen LogP contribution < -0.4 is 25.8 Å². The minimum atomic E-state index is -0.529. The van der Waals surface area contributed by atoms with Crippen molar-refractivity contribution in [3.05, 3.63) is 23.8 Å². The summed E-state index contributed by atoms with van der Waals surface area (Å²) in [6.07, 6.45) is 2.59. The molecular formula is C16H23N3O4S. The fourth-order valence-corrected chi connectivity index (χ4v) is 2.68. The van der Waals surface area contributed by atoms with Crippen molar-refractivity contribution in [2.45, 2.75) is 25.4 Å². The van der Waals surface area contributed by atoms with Gasteiger partial charge in [-0.3, -0.25) is 14.9 Å². The van der Waals surface area contributed by atoms with E-state index in [1.807, 2.05) is 6.26 Å². The van der Waals surface area contributed by atoms with Gasteiger partial charge in [0.1, 0.15) is 0 Å². The number of amides is 1. The van der Waals surface area contributed by atoms with E-state index in [4.69, 9.17) is 15.2 Å². The first-order valence-electron chi connectivity index (χ1n) is 7.72. The molecular weight excluding hydrogens is 330 g/mol. The Kier molecular flexibility index (Phi) is 6.89. The van der Waals surface area contributed by atoms with Crippen LogP contribution in [0.2, 0.25) is 0 Å². The van der Waals surface area contributed by atoms with Crippen LogP contribution in [0.5, 0.6) is 11.5 Å². The molecule has 2 atom stereocenters. The second-order valence-electron chi connectivity index (χ2n) is 5.46. The zero-order valence-electron chi connectivity index (χ0n) is 13.8. The molecule has 0 aliphatic carbocycles. The smallest absolute Gasteiger partial charge is 0.237 e. The molecule has 7 nitrogen and oxygen atoms in total. The van der Waals surface area contributed by atoms with Gasteiger partial charge in [0.25, 0.3) is 0 Å². The standard InChI is InChI=1S/C16H23N3O4S/c1-10(18-8-19-16(21)12(17)5-6-24-2)15(20)11-3-4-13-14(7-11)23-9-22-13/h3-4,7,10,12,18H,5-6,8-9,17H2,1-2H3,(H,19,21). The Bertz CT molecular complexity index is 597. The number of nitrogens with two attached hydrogens (primary N) is 1. The van der Waals surface area contributed by atoms with Crippen molar-refractivity contribution in [1.29, 1.82) is 0 Å². The molecule has 0 saturated carbocycles. The van der Waals surface area contributed by atoms with Gasteiger partial charge in [-0.25, -0.2) is 0 Å². The zero-order valence-corrected chi connectivity index (χ0v) is 14.7. The summed E-state index contributed by atoms with van der Waals surface area (Å²) in [7, 11) is 0. The van der Waals surface area contributed by atoms with Crippen LogP contribution in [0.4, 0.5) is 0 Å². The first-order chi connectivity index (χ1) is 11.5. The van der Waals surface area contributed by atoms with Crippen molar-refractivity contribution >= 4 is 23.5 Å². The zero-order chi connectivity index (χ0) is 17.5. The highest BCUT2D eigenvalue weighted by atomic mass is 32.2. The lowest BCUT2D eigenvalue weighted by Gasteiger charge is -2.16. The quantitative estimate of drug-likeness (QED) is 0.444. The van der Waals surface area contributed by atoms with Gasteiger partial charge in [0.15, 0.2) is 17.3 Å². The maximum absolute atomic E-state index is 12.4. The van der Waals surface area contributed by atoms with Gasteiger partial charge in [0.05, 0.1) is 18.8 Å². The predicted octanol–water partition coefficient (Wildman–Crippen LogP) is 0.730. The molecule has 0 aromatic heterocycles. The van der Waals surface area contributed by atoms with Gasteiger partial charge >= 0.3 is 0 Å². The summed E-state index contributed by atoms with van der Waals surface area (Å²) in [5.41, 5.74) is 6.31. The summed E-state index contributed by atoms with van der Waals surface area (Å²) in [6.45, 7) is 2.10. The van der Waals surface area contributed by atoms with E-state index >= 15 is 0 Å². The average Bonchev–Trinajstić information content (AvgIpc) is 3.06. The van der Waals surface area contributed by atoms with Crippen LogP contribution in [0.15, 0.2) is 18.2 Å². The highest BCUT2D eigenvalue weighted by Gasteiger charge is 2.20. The molecule has 24 heavy (non-hydrogen) atoms. The van der Waals surface area contributed by atoms with Gasteiger partial charge in [-0.1, -0.05) is 0 Å². The largest absolute Gasteiger partial charge is 0.454 e. The molecule has 0 bridgehead atoms. The number of hydrogen-bond donors (Lipinski definition) is 3. The number of nitrogens with one attached hydrogen (secondary N) is 2. The summed E-state index contributed by atoms with van der Waals surface area (Å²) in [4.78, 5) is 24.2. The first-order valence-corrected chi connectivity index (χ1v) is 9.11. The minimum absolute atomic E-state index is 0.0887. The Morgan fingerprint density at radius 1 is 1.33 bits per heavy atom. The predicted molar refractivity (Wildman–Crippen MR) is 93.5 cm³/mol. The van der Waals surface area contributed by atoms with E-state index in [9.17, 15) is 9.59 Å². The van der Waals surface area contributed by atoms with Crippen molar-refractivity contribution in [3.63, 3.8) is 0 Å². The first kappa shape index (κ1) is 18.6. The van der Waals surface area contributed by atoms with E-state index in [0.29, 0.717) is 23.5 Å². The SMILES string of the molecule is CSCCC(N)C(=O)NCNC(C)C(=O)c1ccc2c(c1)OCO2. The topological polar surface area (TPSA) is 103 Å². The molecule has 0 saturated heterocycles. The van der Waals surface area contributed by atoms with Crippen LogP contribution in [0, 0.1) is 0 Å². The summed E-state index contributed by atoms with van der Waals surface area (Å²) in [6, 6.07) is 4.10. The lowest BCUT2D eigenvalue weighted by molar-refractivity contribution is -0.122. The Hall–Kier alpha value is -1.77. The number of benzene rings is 1. The van der Waals surface area contributed by atoms with Crippen LogP contribution >= 0.6 is 11.8 Å². The summed E-state index contributed by atoms with van der Waals surface area (Å²) in [5.74, 6) is 1.73. The monoisotopic (exact) mass is 353 g/mol. The molecule has 2 unspecified atom stereocenters. The lowest BCUT2D eigenvalue weighted by atomic mass is 10.1. The summed E-state index contributed by atoms with van der Waals surface area (Å²) >= 11 is 1.65.